The van der Waals surface area contributed by atoms with Gasteiger partial charge in [-0.2, -0.15) is 0 Å². The Balaban J connectivity index is 2.49. The molecule has 3 heteroatoms. The van der Waals surface area contributed by atoms with E-state index >= 15 is 0 Å². The summed E-state index contributed by atoms with van der Waals surface area (Å²) in [5, 5.41) is 3.94. The summed E-state index contributed by atoms with van der Waals surface area (Å²) in [6, 6.07) is 0. The molecule has 56 valence electrons. The fourth-order valence-electron chi connectivity index (χ4n) is 0.817. The second kappa shape index (κ2) is 3.66. The lowest BCUT2D eigenvalue weighted by atomic mass is 10.2. The first-order valence-corrected chi connectivity index (χ1v) is 4.39. The van der Waals surface area contributed by atoms with Crippen molar-refractivity contribution >= 4 is 11.5 Å². The van der Waals surface area contributed by atoms with E-state index in [4.69, 9.17) is 0 Å². The summed E-state index contributed by atoms with van der Waals surface area (Å²) in [5.74, 6) is 0. The number of aryl methyl sites for hydroxylation is 2. The van der Waals surface area contributed by atoms with Crippen LogP contribution >= 0.6 is 11.5 Å². The van der Waals surface area contributed by atoms with Crippen molar-refractivity contribution in [3.05, 3.63) is 10.6 Å². The number of hydrogen-bond acceptors (Lipinski definition) is 3. The third-order valence-electron chi connectivity index (χ3n) is 1.50. The molecule has 0 amide bonds. The zero-order valence-electron chi connectivity index (χ0n) is 6.42. The van der Waals surface area contributed by atoms with E-state index in [0.717, 1.165) is 12.1 Å². The Morgan fingerprint density at radius 3 is 2.80 bits per heavy atom. The quantitative estimate of drug-likeness (QED) is 0.670. The molecule has 0 aliphatic rings. The Bertz CT molecular complexity index is 195. The fourth-order valence-corrected chi connectivity index (χ4v) is 1.49. The van der Waals surface area contributed by atoms with E-state index in [-0.39, 0.29) is 0 Å². The van der Waals surface area contributed by atoms with Gasteiger partial charge in [-0.3, -0.25) is 0 Å². The minimum Gasteiger partial charge on any atom is -0.143 e. The summed E-state index contributed by atoms with van der Waals surface area (Å²) in [7, 11) is 0. The van der Waals surface area contributed by atoms with Crippen molar-refractivity contribution in [2.24, 2.45) is 0 Å². The SMILES string of the molecule is CCCCc1snnc1C. The van der Waals surface area contributed by atoms with E-state index in [1.165, 1.54) is 29.3 Å². The first-order chi connectivity index (χ1) is 4.84. The molecular formula is C7H12N2S. The Hall–Kier alpha value is -0.440. The fraction of sp³-hybridized carbons (Fsp3) is 0.714. The van der Waals surface area contributed by atoms with Gasteiger partial charge in [0, 0.05) is 4.88 Å². The van der Waals surface area contributed by atoms with Gasteiger partial charge in [-0.05, 0) is 31.3 Å². The lowest BCUT2D eigenvalue weighted by molar-refractivity contribution is 0.798. The Labute approximate surface area is 65.4 Å². The Morgan fingerprint density at radius 1 is 1.50 bits per heavy atom. The first-order valence-electron chi connectivity index (χ1n) is 3.62. The number of nitrogens with zero attached hydrogens (tertiary/aromatic N) is 2. The van der Waals surface area contributed by atoms with Gasteiger partial charge in [0.1, 0.15) is 0 Å². The van der Waals surface area contributed by atoms with Crippen molar-refractivity contribution < 1.29 is 0 Å². The number of aromatic nitrogens is 2. The summed E-state index contributed by atoms with van der Waals surface area (Å²) in [5.41, 5.74) is 1.11. The molecule has 0 aliphatic carbocycles. The van der Waals surface area contributed by atoms with E-state index in [1.807, 2.05) is 6.92 Å². The van der Waals surface area contributed by atoms with Crippen LogP contribution in [-0.4, -0.2) is 9.59 Å². The molecule has 2 nitrogen and oxygen atoms in total. The van der Waals surface area contributed by atoms with Crippen LogP contribution in [0, 0.1) is 6.92 Å². The molecule has 10 heavy (non-hydrogen) atoms. The first kappa shape index (κ1) is 7.66. The van der Waals surface area contributed by atoms with E-state index in [9.17, 15) is 0 Å². The van der Waals surface area contributed by atoms with Crippen LogP contribution in [0.2, 0.25) is 0 Å². The van der Waals surface area contributed by atoms with Crippen molar-refractivity contribution in [2.75, 3.05) is 0 Å². The standard InChI is InChI=1S/C7H12N2S/c1-3-4-5-7-6(2)8-9-10-7/h3-5H2,1-2H3. The normalized spacial score (nSPS) is 10.2. The summed E-state index contributed by atoms with van der Waals surface area (Å²) in [6.45, 7) is 4.22. The highest BCUT2D eigenvalue weighted by atomic mass is 32.1. The topological polar surface area (TPSA) is 25.8 Å². The van der Waals surface area contributed by atoms with E-state index in [1.54, 1.807) is 0 Å². The van der Waals surface area contributed by atoms with Crippen LogP contribution in [0.1, 0.15) is 30.3 Å². The molecule has 0 N–H and O–H groups in total. The molecule has 1 rings (SSSR count). The van der Waals surface area contributed by atoms with Gasteiger partial charge in [0.2, 0.25) is 0 Å². The van der Waals surface area contributed by atoms with E-state index in [2.05, 4.69) is 16.5 Å². The van der Waals surface area contributed by atoms with Crippen molar-refractivity contribution in [1.82, 2.24) is 9.59 Å². The molecular weight excluding hydrogens is 144 g/mol. The highest BCUT2D eigenvalue weighted by molar-refractivity contribution is 7.05. The van der Waals surface area contributed by atoms with E-state index < -0.39 is 0 Å². The van der Waals surface area contributed by atoms with Gasteiger partial charge in [-0.15, -0.1) is 5.10 Å². The zero-order valence-corrected chi connectivity index (χ0v) is 7.24. The second-order valence-corrected chi connectivity index (χ2v) is 3.22. The molecule has 1 heterocycles. The second-order valence-electron chi connectivity index (χ2n) is 2.39. The lowest BCUT2D eigenvalue weighted by Gasteiger charge is -1.92. The van der Waals surface area contributed by atoms with Crippen molar-refractivity contribution in [1.29, 1.82) is 0 Å². The van der Waals surface area contributed by atoms with Gasteiger partial charge in [-0.25, -0.2) is 0 Å². The molecule has 0 radical (unpaired) electrons. The van der Waals surface area contributed by atoms with Gasteiger partial charge in [0.05, 0.1) is 5.69 Å². The van der Waals surface area contributed by atoms with Crippen LogP contribution < -0.4 is 0 Å². The molecule has 0 bridgehead atoms. The maximum Gasteiger partial charge on any atom is 0.0756 e. The smallest absolute Gasteiger partial charge is 0.0756 e. The van der Waals surface area contributed by atoms with E-state index in [0.29, 0.717) is 0 Å². The van der Waals surface area contributed by atoms with Gasteiger partial charge < -0.3 is 0 Å². The van der Waals surface area contributed by atoms with Crippen molar-refractivity contribution in [3.8, 4) is 0 Å². The molecule has 0 saturated heterocycles. The summed E-state index contributed by atoms with van der Waals surface area (Å²) in [6.07, 6.45) is 3.65. The average Bonchev–Trinajstić information content (AvgIpc) is 2.31. The van der Waals surface area contributed by atoms with Crippen LogP contribution in [0.15, 0.2) is 0 Å². The van der Waals surface area contributed by atoms with Crippen LogP contribution in [0.25, 0.3) is 0 Å². The van der Waals surface area contributed by atoms with Crippen LogP contribution in [-0.2, 0) is 6.42 Å². The van der Waals surface area contributed by atoms with Crippen LogP contribution in [0.3, 0.4) is 0 Å². The predicted molar refractivity (Wildman–Crippen MR) is 43.3 cm³/mol. The summed E-state index contributed by atoms with van der Waals surface area (Å²) < 4.78 is 3.87. The molecule has 0 aromatic carbocycles. The molecule has 1 aromatic heterocycles. The average molecular weight is 156 g/mol. The van der Waals surface area contributed by atoms with Gasteiger partial charge in [-0.1, -0.05) is 17.8 Å². The number of unbranched alkanes of at least 4 members (excludes halogenated alkanes) is 1. The minimum absolute atomic E-state index is 1.11. The molecule has 0 aliphatic heterocycles. The largest absolute Gasteiger partial charge is 0.143 e. The van der Waals surface area contributed by atoms with Crippen molar-refractivity contribution in [2.45, 2.75) is 33.1 Å². The third-order valence-corrected chi connectivity index (χ3v) is 2.39. The molecule has 0 unspecified atom stereocenters. The van der Waals surface area contributed by atoms with Gasteiger partial charge >= 0.3 is 0 Å². The highest BCUT2D eigenvalue weighted by Crippen LogP contribution is 2.11. The molecule has 0 atom stereocenters. The molecule has 0 saturated carbocycles. The molecule has 0 spiro atoms. The molecule has 1 aromatic rings. The minimum atomic E-state index is 1.11. The Kier molecular flexibility index (Phi) is 2.81. The lowest BCUT2D eigenvalue weighted by Crippen LogP contribution is -1.82. The summed E-state index contributed by atoms with van der Waals surface area (Å²) in [4.78, 5) is 1.35. The zero-order chi connectivity index (χ0) is 7.40. The van der Waals surface area contributed by atoms with Gasteiger partial charge in [0.15, 0.2) is 0 Å². The van der Waals surface area contributed by atoms with Crippen molar-refractivity contribution in [3.63, 3.8) is 0 Å². The maximum atomic E-state index is 3.94. The third kappa shape index (κ3) is 1.77. The molecule has 0 fully saturated rings. The Morgan fingerprint density at radius 2 is 2.30 bits per heavy atom. The van der Waals surface area contributed by atoms with Crippen LogP contribution in [0.4, 0.5) is 0 Å². The van der Waals surface area contributed by atoms with Gasteiger partial charge in [0.25, 0.3) is 0 Å². The number of hydrogen-bond donors (Lipinski definition) is 0. The monoisotopic (exact) mass is 156 g/mol. The maximum absolute atomic E-state index is 3.94. The summed E-state index contributed by atoms with van der Waals surface area (Å²) >= 11 is 1.53. The highest BCUT2D eigenvalue weighted by Gasteiger charge is 2.00. The number of rotatable bonds is 3. The predicted octanol–water partition coefficient (Wildman–Crippen LogP) is 2.19. The van der Waals surface area contributed by atoms with Crippen LogP contribution in [0.5, 0.6) is 0 Å².